The lowest BCUT2D eigenvalue weighted by Gasteiger charge is -2.08. The first kappa shape index (κ1) is 14.0. The standard InChI is InChI=1S/C12H16FNO2S/c1-2-10(14)7-17-6-9-5-8(12(15)16)3-4-11(9)13/h3-5,10H,2,6-7,14H2,1H3,(H,15,16). The van der Waals surface area contributed by atoms with Gasteiger partial charge in [0.2, 0.25) is 0 Å². The maximum absolute atomic E-state index is 13.4. The van der Waals surface area contributed by atoms with Crippen molar-refractivity contribution in [2.75, 3.05) is 5.75 Å². The van der Waals surface area contributed by atoms with E-state index in [4.69, 9.17) is 10.8 Å². The van der Waals surface area contributed by atoms with Crippen molar-refractivity contribution in [3.63, 3.8) is 0 Å². The second-order valence-corrected chi connectivity index (χ2v) is 4.83. The van der Waals surface area contributed by atoms with Gasteiger partial charge in [0.15, 0.2) is 0 Å². The average Bonchev–Trinajstić information content (AvgIpc) is 2.30. The quantitative estimate of drug-likeness (QED) is 0.822. The third kappa shape index (κ3) is 4.36. The minimum Gasteiger partial charge on any atom is -0.478 e. The monoisotopic (exact) mass is 257 g/mol. The second kappa shape index (κ2) is 6.61. The molecule has 5 heteroatoms. The molecular weight excluding hydrogens is 241 g/mol. The number of hydrogen-bond donors (Lipinski definition) is 2. The van der Waals surface area contributed by atoms with Gasteiger partial charge in [0, 0.05) is 17.5 Å². The maximum Gasteiger partial charge on any atom is 0.335 e. The summed E-state index contributed by atoms with van der Waals surface area (Å²) in [5.41, 5.74) is 6.27. The maximum atomic E-state index is 13.4. The van der Waals surface area contributed by atoms with E-state index < -0.39 is 5.97 Å². The Hall–Kier alpha value is -1.07. The van der Waals surface area contributed by atoms with Gasteiger partial charge in [0.25, 0.3) is 0 Å². The molecule has 3 nitrogen and oxygen atoms in total. The summed E-state index contributed by atoms with van der Waals surface area (Å²) in [7, 11) is 0. The number of thioether (sulfide) groups is 1. The smallest absolute Gasteiger partial charge is 0.335 e. The number of carboxylic acid groups (broad SMARTS) is 1. The molecule has 0 radical (unpaired) electrons. The van der Waals surface area contributed by atoms with Gasteiger partial charge in [-0.05, 0) is 30.2 Å². The van der Waals surface area contributed by atoms with Crippen molar-refractivity contribution in [2.24, 2.45) is 5.73 Å². The van der Waals surface area contributed by atoms with E-state index in [9.17, 15) is 9.18 Å². The fourth-order valence-corrected chi connectivity index (χ4v) is 2.35. The molecule has 0 bridgehead atoms. The van der Waals surface area contributed by atoms with Gasteiger partial charge in [-0.3, -0.25) is 0 Å². The number of hydrogen-bond acceptors (Lipinski definition) is 3. The molecule has 1 atom stereocenters. The molecule has 0 amide bonds. The van der Waals surface area contributed by atoms with E-state index in [1.807, 2.05) is 6.92 Å². The lowest BCUT2D eigenvalue weighted by atomic mass is 10.1. The summed E-state index contributed by atoms with van der Waals surface area (Å²) in [4.78, 5) is 10.7. The number of carbonyl (C=O) groups is 1. The Kier molecular flexibility index (Phi) is 5.44. The number of carboxylic acids is 1. The van der Waals surface area contributed by atoms with Crippen LogP contribution >= 0.6 is 11.8 Å². The molecule has 1 unspecified atom stereocenters. The van der Waals surface area contributed by atoms with Crippen molar-refractivity contribution in [1.29, 1.82) is 0 Å². The minimum atomic E-state index is -1.04. The van der Waals surface area contributed by atoms with Crippen LogP contribution in [-0.4, -0.2) is 22.9 Å². The zero-order valence-electron chi connectivity index (χ0n) is 9.65. The third-order valence-corrected chi connectivity index (χ3v) is 3.59. The van der Waals surface area contributed by atoms with Crippen LogP contribution in [0, 0.1) is 5.82 Å². The Labute approximate surface area is 104 Å². The normalized spacial score (nSPS) is 12.4. The van der Waals surface area contributed by atoms with Gasteiger partial charge in [-0.1, -0.05) is 6.92 Å². The highest BCUT2D eigenvalue weighted by Gasteiger charge is 2.09. The molecule has 0 heterocycles. The first-order valence-corrected chi connectivity index (χ1v) is 6.55. The number of halogens is 1. The van der Waals surface area contributed by atoms with E-state index in [2.05, 4.69) is 0 Å². The largest absolute Gasteiger partial charge is 0.478 e. The highest BCUT2D eigenvalue weighted by Crippen LogP contribution is 2.18. The Morgan fingerprint density at radius 2 is 2.29 bits per heavy atom. The van der Waals surface area contributed by atoms with Crippen LogP contribution in [0.25, 0.3) is 0 Å². The van der Waals surface area contributed by atoms with Crippen LogP contribution in [0.4, 0.5) is 4.39 Å². The lowest BCUT2D eigenvalue weighted by molar-refractivity contribution is 0.0696. The van der Waals surface area contributed by atoms with E-state index in [1.54, 1.807) is 0 Å². The van der Waals surface area contributed by atoms with Gasteiger partial charge in [0.1, 0.15) is 5.82 Å². The van der Waals surface area contributed by atoms with E-state index >= 15 is 0 Å². The first-order valence-electron chi connectivity index (χ1n) is 5.39. The molecule has 1 rings (SSSR count). The fraction of sp³-hybridized carbons (Fsp3) is 0.417. The molecule has 1 aromatic rings. The molecule has 17 heavy (non-hydrogen) atoms. The summed E-state index contributed by atoms with van der Waals surface area (Å²) in [5, 5.41) is 8.80. The van der Waals surface area contributed by atoms with Crippen LogP contribution in [0.2, 0.25) is 0 Å². The predicted molar refractivity (Wildman–Crippen MR) is 67.8 cm³/mol. The molecule has 0 saturated heterocycles. The summed E-state index contributed by atoms with van der Waals surface area (Å²) in [6, 6.07) is 3.94. The number of nitrogens with two attached hydrogens (primary N) is 1. The summed E-state index contributed by atoms with van der Waals surface area (Å²) >= 11 is 1.52. The Morgan fingerprint density at radius 3 is 2.88 bits per heavy atom. The molecule has 0 aromatic heterocycles. The van der Waals surface area contributed by atoms with E-state index in [0.29, 0.717) is 11.3 Å². The number of rotatable bonds is 6. The van der Waals surface area contributed by atoms with Gasteiger partial charge in [-0.25, -0.2) is 9.18 Å². The highest BCUT2D eigenvalue weighted by molar-refractivity contribution is 7.98. The van der Waals surface area contributed by atoms with Crippen molar-refractivity contribution in [3.8, 4) is 0 Å². The van der Waals surface area contributed by atoms with Crippen LogP contribution < -0.4 is 5.73 Å². The summed E-state index contributed by atoms with van der Waals surface area (Å²) in [6.45, 7) is 2.00. The van der Waals surface area contributed by atoms with Crippen LogP contribution in [-0.2, 0) is 5.75 Å². The van der Waals surface area contributed by atoms with Gasteiger partial charge >= 0.3 is 5.97 Å². The molecule has 0 fully saturated rings. The van der Waals surface area contributed by atoms with E-state index in [0.717, 1.165) is 12.2 Å². The molecule has 1 aromatic carbocycles. The van der Waals surface area contributed by atoms with Crippen LogP contribution in [0.15, 0.2) is 18.2 Å². The lowest BCUT2D eigenvalue weighted by Crippen LogP contribution is -2.21. The molecule has 0 aliphatic rings. The van der Waals surface area contributed by atoms with Gasteiger partial charge in [-0.2, -0.15) is 11.8 Å². The van der Waals surface area contributed by atoms with Crippen molar-refractivity contribution in [1.82, 2.24) is 0 Å². The number of aromatic carboxylic acids is 1. The Morgan fingerprint density at radius 1 is 1.59 bits per heavy atom. The molecule has 0 saturated carbocycles. The van der Waals surface area contributed by atoms with Crippen molar-refractivity contribution in [3.05, 3.63) is 35.1 Å². The summed E-state index contributed by atoms with van der Waals surface area (Å²) < 4.78 is 13.4. The molecule has 0 aliphatic carbocycles. The SMILES string of the molecule is CCC(N)CSCc1cc(C(=O)O)ccc1F. The predicted octanol–water partition coefficient (Wildman–Crippen LogP) is 2.49. The minimum absolute atomic E-state index is 0.103. The van der Waals surface area contributed by atoms with Crippen LogP contribution in [0.5, 0.6) is 0 Å². The van der Waals surface area contributed by atoms with E-state index in [-0.39, 0.29) is 17.4 Å². The first-order chi connectivity index (χ1) is 8.04. The summed E-state index contributed by atoms with van der Waals surface area (Å²) in [6.07, 6.45) is 0.880. The van der Waals surface area contributed by atoms with Crippen LogP contribution in [0.1, 0.15) is 29.3 Å². The third-order valence-electron chi connectivity index (χ3n) is 2.41. The van der Waals surface area contributed by atoms with E-state index in [1.165, 1.54) is 30.0 Å². The van der Waals surface area contributed by atoms with Crippen LogP contribution in [0.3, 0.4) is 0 Å². The second-order valence-electron chi connectivity index (χ2n) is 3.79. The molecule has 0 aliphatic heterocycles. The molecule has 0 spiro atoms. The fourth-order valence-electron chi connectivity index (χ4n) is 1.26. The number of benzene rings is 1. The Balaban J connectivity index is 2.63. The van der Waals surface area contributed by atoms with Crippen molar-refractivity contribution in [2.45, 2.75) is 25.1 Å². The molecule has 94 valence electrons. The zero-order chi connectivity index (χ0) is 12.8. The van der Waals surface area contributed by atoms with Gasteiger partial charge in [0.05, 0.1) is 5.56 Å². The average molecular weight is 257 g/mol. The summed E-state index contributed by atoms with van der Waals surface area (Å²) in [5.74, 6) is -0.220. The zero-order valence-corrected chi connectivity index (χ0v) is 10.5. The van der Waals surface area contributed by atoms with Gasteiger partial charge < -0.3 is 10.8 Å². The Bertz CT molecular complexity index is 398. The van der Waals surface area contributed by atoms with Gasteiger partial charge in [-0.15, -0.1) is 0 Å². The topological polar surface area (TPSA) is 63.3 Å². The van der Waals surface area contributed by atoms with Crippen molar-refractivity contribution >= 4 is 17.7 Å². The molecular formula is C12H16FNO2S. The highest BCUT2D eigenvalue weighted by atomic mass is 32.2. The molecule has 3 N–H and O–H groups in total. The van der Waals surface area contributed by atoms with Crippen molar-refractivity contribution < 1.29 is 14.3 Å².